The zero-order valence-electron chi connectivity index (χ0n) is 11.9. The van der Waals surface area contributed by atoms with Crippen molar-refractivity contribution in [2.75, 3.05) is 13.1 Å². The van der Waals surface area contributed by atoms with Crippen LogP contribution in [0.5, 0.6) is 0 Å². The Morgan fingerprint density at radius 2 is 2.19 bits per heavy atom. The van der Waals surface area contributed by atoms with E-state index in [1.165, 1.54) is 9.13 Å². The van der Waals surface area contributed by atoms with Crippen molar-refractivity contribution >= 4 is 22.5 Å². The quantitative estimate of drug-likeness (QED) is 0.911. The van der Waals surface area contributed by atoms with Crippen molar-refractivity contribution in [3.05, 3.63) is 44.1 Å². The van der Waals surface area contributed by atoms with Crippen LogP contribution in [-0.4, -0.2) is 22.2 Å². The van der Waals surface area contributed by atoms with Crippen LogP contribution < -0.4 is 16.6 Å². The molecule has 1 fully saturated rings. The van der Waals surface area contributed by atoms with E-state index in [0.29, 0.717) is 28.4 Å². The maximum absolute atomic E-state index is 12.6. The van der Waals surface area contributed by atoms with E-state index in [4.69, 9.17) is 11.6 Å². The zero-order chi connectivity index (χ0) is 15.0. The van der Waals surface area contributed by atoms with Crippen LogP contribution >= 0.6 is 11.6 Å². The summed E-state index contributed by atoms with van der Waals surface area (Å²) in [5.41, 5.74) is 0.0752. The Morgan fingerprint density at radius 3 is 2.90 bits per heavy atom. The second kappa shape index (κ2) is 5.66. The number of halogens is 1. The molecule has 1 unspecified atom stereocenters. The molecule has 1 aromatic carbocycles. The van der Waals surface area contributed by atoms with Gasteiger partial charge in [-0.1, -0.05) is 11.6 Å². The lowest BCUT2D eigenvalue weighted by molar-refractivity contribution is 0.327. The molecule has 1 aliphatic heterocycles. The Morgan fingerprint density at radius 1 is 1.38 bits per heavy atom. The summed E-state index contributed by atoms with van der Waals surface area (Å²) in [6.45, 7) is 2.34. The van der Waals surface area contributed by atoms with E-state index in [9.17, 15) is 9.59 Å². The first-order valence-electron chi connectivity index (χ1n) is 7.17. The van der Waals surface area contributed by atoms with Gasteiger partial charge in [0.1, 0.15) is 0 Å². The molecule has 5 nitrogen and oxygen atoms in total. The fraction of sp³-hybridized carbons (Fsp3) is 0.467. The monoisotopic (exact) mass is 307 g/mol. The van der Waals surface area contributed by atoms with Gasteiger partial charge in [0.15, 0.2) is 0 Å². The second-order valence-electron chi connectivity index (χ2n) is 5.63. The number of benzene rings is 1. The Kier molecular flexibility index (Phi) is 3.87. The predicted molar refractivity (Wildman–Crippen MR) is 84.1 cm³/mol. The highest BCUT2D eigenvalue weighted by Crippen LogP contribution is 2.16. The van der Waals surface area contributed by atoms with E-state index in [2.05, 4.69) is 5.32 Å². The molecule has 0 radical (unpaired) electrons. The minimum atomic E-state index is -0.277. The molecule has 1 saturated heterocycles. The molecule has 112 valence electrons. The van der Waals surface area contributed by atoms with Crippen molar-refractivity contribution in [2.45, 2.75) is 19.4 Å². The van der Waals surface area contributed by atoms with Crippen LogP contribution in [0.15, 0.2) is 27.8 Å². The van der Waals surface area contributed by atoms with Crippen molar-refractivity contribution in [2.24, 2.45) is 13.0 Å². The van der Waals surface area contributed by atoms with Gasteiger partial charge in [-0.2, -0.15) is 0 Å². The number of fused-ring (bicyclic) bond motifs is 1. The van der Waals surface area contributed by atoms with E-state index in [-0.39, 0.29) is 11.2 Å². The molecule has 0 bridgehead atoms. The van der Waals surface area contributed by atoms with Gasteiger partial charge >= 0.3 is 5.69 Å². The minimum absolute atomic E-state index is 0.227. The van der Waals surface area contributed by atoms with Gasteiger partial charge in [0.05, 0.1) is 10.9 Å². The van der Waals surface area contributed by atoms with Crippen LogP contribution in [0.3, 0.4) is 0 Å². The lowest BCUT2D eigenvalue weighted by atomic mass is 10.00. The molecular formula is C15H18ClN3O2. The number of hydrogen-bond acceptors (Lipinski definition) is 3. The largest absolute Gasteiger partial charge is 0.331 e. The van der Waals surface area contributed by atoms with E-state index in [0.717, 1.165) is 25.9 Å². The first-order valence-corrected chi connectivity index (χ1v) is 7.55. The standard InChI is InChI=1S/C15H18ClN3O2/c1-18-13-7-11(16)4-5-12(13)14(20)19(15(18)21)9-10-3-2-6-17-8-10/h4-5,7,10,17H,2-3,6,8-9H2,1H3. The fourth-order valence-corrected chi connectivity index (χ4v) is 3.14. The number of nitrogens with zero attached hydrogens (tertiary/aromatic N) is 2. The number of rotatable bonds is 2. The zero-order valence-corrected chi connectivity index (χ0v) is 12.7. The van der Waals surface area contributed by atoms with Crippen LogP contribution in [-0.2, 0) is 13.6 Å². The van der Waals surface area contributed by atoms with Gasteiger partial charge in [0.25, 0.3) is 5.56 Å². The molecule has 0 saturated carbocycles. The Bertz CT molecular complexity index is 788. The lowest BCUT2D eigenvalue weighted by Gasteiger charge is -2.23. The highest BCUT2D eigenvalue weighted by molar-refractivity contribution is 6.31. The normalized spacial score (nSPS) is 19.0. The summed E-state index contributed by atoms with van der Waals surface area (Å²) in [4.78, 5) is 25.0. The molecule has 0 spiro atoms. The highest BCUT2D eigenvalue weighted by Gasteiger charge is 2.18. The fourth-order valence-electron chi connectivity index (χ4n) is 2.98. The third-order valence-corrected chi connectivity index (χ3v) is 4.39. The molecule has 2 heterocycles. The molecule has 21 heavy (non-hydrogen) atoms. The van der Waals surface area contributed by atoms with Gasteiger partial charge in [-0.25, -0.2) is 4.79 Å². The van der Waals surface area contributed by atoms with E-state index in [1.54, 1.807) is 25.2 Å². The molecule has 0 aliphatic carbocycles. The average Bonchev–Trinajstić information content (AvgIpc) is 2.50. The second-order valence-corrected chi connectivity index (χ2v) is 6.07. The van der Waals surface area contributed by atoms with E-state index < -0.39 is 0 Å². The van der Waals surface area contributed by atoms with Crippen LogP contribution in [0.4, 0.5) is 0 Å². The van der Waals surface area contributed by atoms with Crippen molar-refractivity contribution in [1.29, 1.82) is 0 Å². The van der Waals surface area contributed by atoms with Gasteiger partial charge < -0.3 is 5.32 Å². The lowest BCUT2D eigenvalue weighted by Crippen LogP contribution is -2.43. The molecule has 1 N–H and O–H groups in total. The van der Waals surface area contributed by atoms with Gasteiger partial charge in [0.2, 0.25) is 0 Å². The molecule has 3 rings (SSSR count). The molecular weight excluding hydrogens is 290 g/mol. The number of aromatic nitrogens is 2. The summed E-state index contributed by atoms with van der Waals surface area (Å²) >= 11 is 5.96. The topological polar surface area (TPSA) is 56.0 Å². The van der Waals surface area contributed by atoms with Crippen LogP contribution in [0.25, 0.3) is 10.9 Å². The van der Waals surface area contributed by atoms with E-state index >= 15 is 0 Å². The molecule has 1 atom stereocenters. The third kappa shape index (κ3) is 2.63. The van der Waals surface area contributed by atoms with Crippen molar-refractivity contribution in [3.63, 3.8) is 0 Å². The van der Waals surface area contributed by atoms with Crippen molar-refractivity contribution in [1.82, 2.24) is 14.5 Å². The van der Waals surface area contributed by atoms with Gasteiger partial charge in [-0.05, 0) is 50.0 Å². The third-order valence-electron chi connectivity index (χ3n) is 4.15. The summed E-state index contributed by atoms with van der Waals surface area (Å²) < 4.78 is 2.85. The van der Waals surface area contributed by atoms with Gasteiger partial charge in [0, 0.05) is 18.6 Å². The molecule has 1 aliphatic rings. The highest BCUT2D eigenvalue weighted by atomic mass is 35.5. The first kappa shape index (κ1) is 14.4. The summed E-state index contributed by atoms with van der Waals surface area (Å²) in [6, 6.07) is 5.03. The maximum atomic E-state index is 12.6. The average molecular weight is 308 g/mol. The SMILES string of the molecule is Cn1c(=O)n(CC2CCCNC2)c(=O)c2ccc(Cl)cc21. The van der Waals surface area contributed by atoms with Crippen molar-refractivity contribution in [3.8, 4) is 0 Å². The first-order chi connectivity index (χ1) is 10.1. The molecule has 6 heteroatoms. The summed E-state index contributed by atoms with van der Waals surface area (Å²) in [5.74, 6) is 0.328. The van der Waals surface area contributed by atoms with Crippen LogP contribution in [0, 0.1) is 5.92 Å². The Hall–Kier alpha value is -1.59. The van der Waals surface area contributed by atoms with Crippen molar-refractivity contribution < 1.29 is 0 Å². The van der Waals surface area contributed by atoms with Crippen LogP contribution in [0.2, 0.25) is 5.02 Å². The number of nitrogens with one attached hydrogen (secondary N) is 1. The smallest absolute Gasteiger partial charge is 0.316 e. The summed E-state index contributed by atoms with van der Waals surface area (Å²) in [5, 5.41) is 4.36. The van der Waals surface area contributed by atoms with Gasteiger partial charge in [-0.15, -0.1) is 0 Å². The molecule has 1 aromatic heterocycles. The molecule has 0 amide bonds. The van der Waals surface area contributed by atoms with E-state index in [1.807, 2.05) is 0 Å². The number of aryl methyl sites for hydroxylation is 1. The summed E-state index contributed by atoms with van der Waals surface area (Å²) in [6.07, 6.45) is 2.13. The predicted octanol–water partition coefficient (Wildman–Crippen LogP) is 1.35. The Labute approximate surface area is 127 Å². The van der Waals surface area contributed by atoms with Crippen LogP contribution in [0.1, 0.15) is 12.8 Å². The number of hydrogen-bond donors (Lipinski definition) is 1. The minimum Gasteiger partial charge on any atom is -0.316 e. The number of piperidine rings is 1. The Balaban J connectivity index is 2.12. The van der Waals surface area contributed by atoms with Gasteiger partial charge in [-0.3, -0.25) is 13.9 Å². The maximum Gasteiger partial charge on any atom is 0.331 e. The molecule has 2 aromatic rings. The summed E-state index contributed by atoms with van der Waals surface area (Å²) in [7, 11) is 1.68.